The number of nitrogens with one attached hydrogen (secondary N) is 1. The number of methoxy groups -OCH3 is 3. The molecule has 152 valence electrons. The molecule has 0 atom stereocenters. The first-order valence-corrected chi connectivity index (χ1v) is 9.96. The molecule has 0 unspecified atom stereocenters. The van der Waals surface area contributed by atoms with Gasteiger partial charge in [0, 0.05) is 40.9 Å². The van der Waals surface area contributed by atoms with Crippen LogP contribution in [0, 0.1) is 11.3 Å². The topological polar surface area (TPSA) is 96.6 Å². The number of hydrogen-bond acceptors (Lipinski definition) is 8. The van der Waals surface area contributed by atoms with E-state index in [1.165, 1.54) is 4.88 Å². The van der Waals surface area contributed by atoms with Crippen molar-refractivity contribution in [2.45, 2.75) is 19.3 Å². The smallest absolute Gasteiger partial charge is 0.203 e. The van der Waals surface area contributed by atoms with Crippen LogP contribution in [-0.2, 0) is 6.42 Å². The summed E-state index contributed by atoms with van der Waals surface area (Å²) in [5.41, 5.74) is 1.85. The van der Waals surface area contributed by atoms with Crippen LogP contribution in [0.3, 0.4) is 0 Å². The lowest BCUT2D eigenvalue weighted by molar-refractivity contribution is 0.285. The Morgan fingerprint density at radius 2 is 1.83 bits per heavy atom. The highest BCUT2D eigenvalue weighted by atomic mass is 32.1. The molecule has 0 aliphatic heterocycles. The molecule has 0 aliphatic rings. The van der Waals surface area contributed by atoms with Crippen molar-refractivity contribution >= 4 is 32.9 Å². The molecule has 2 N–H and O–H groups in total. The standard InChI is InChI=1S/C21H23N3O4S/c1-26-17-8-14(9-18(27-2)20(17)28-3)24-19-13(11-22)12-23-21-16(19)10-15(29-21)6-4-5-7-25/h8-10,12,25H,4-7H2,1-3H3,(H,23,24). The van der Waals surface area contributed by atoms with Crippen molar-refractivity contribution in [2.24, 2.45) is 0 Å². The molecule has 8 heteroatoms. The summed E-state index contributed by atoms with van der Waals surface area (Å²) in [5.74, 6) is 1.55. The van der Waals surface area contributed by atoms with Gasteiger partial charge in [0.15, 0.2) is 11.5 Å². The van der Waals surface area contributed by atoms with Crippen LogP contribution in [-0.4, -0.2) is 38.0 Å². The lowest BCUT2D eigenvalue weighted by Crippen LogP contribution is -1.99. The summed E-state index contributed by atoms with van der Waals surface area (Å²) in [7, 11) is 4.67. The molecule has 7 nitrogen and oxygen atoms in total. The Labute approximate surface area is 173 Å². The van der Waals surface area contributed by atoms with Gasteiger partial charge in [0.05, 0.1) is 32.6 Å². The quantitative estimate of drug-likeness (QED) is 0.506. The second-order valence-corrected chi connectivity index (χ2v) is 7.43. The highest BCUT2D eigenvalue weighted by Crippen LogP contribution is 2.42. The summed E-state index contributed by atoms with van der Waals surface area (Å²) in [5, 5.41) is 22.8. The van der Waals surface area contributed by atoms with Gasteiger partial charge >= 0.3 is 0 Å². The molecule has 2 aromatic heterocycles. The minimum atomic E-state index is 0.190. The van der Waals surface area contributed by atoms with Gasteiger partial charge in [-0.25, -0.2) is 4.98 Å². The summed E-state index contributed by atoms with van der Waals surface area (Å²) in [6.45, 7) is 0.190. The minimum Gasteiger partial charge on any atom is -0.493 e. The third kappa shape index (κ3) is 4.36. The molecule has 0 radical (unpaired) electrons. The Hall–Kier alpha value is -3.02. The fourth-order valence-electron chi connectivity index (χ4n) is 3.09. The fourth-order valence-corrected chi connectivity index (χ4v) is 4.14. The van der Waals surface area contributed by atoms with Gasteiger partial charge in [0.25, 0.3) is 0 Å². The Morgan fingerprint density at radius 3 is 2.41 bits per heavy atom. The summed E-state index contributed by atoms with van der Waals surface area (Å²) < 4.78 is 16.2. The van der Waals surface area contributed by atoms with Gasteiger partial charge < -0.3 is 24.6 Å². The van der Waals surface area contributed by atoms with Gasteiger partial charge in [-0.2, -0.15) is 5.26 Å². The van der Waals surface area contributed by atoms with Crippen molar-refractivity contribution in [1.82, 2.24) is 4.98 Å². The molecule has 3 aromatic rings. The largest absolute Gasteiger partial charge is 0.493 e. The maximum Gasteiger partial charge on any atom is 0.203 e. The highest BCUT2D eigenvalue weighted by molar-refractivity contribution is 7.18. The zero-order valence-electron chi connectivity index (χ0n) is 16.6. The van der Waals surface area contributed by atoms with Crippen LogP contribution in [0.25, 0.3) is 10.2 Å². The predicted octanol–water partition coefficient (Wildman–Crippen LogP) is 4.25. The second kappa shape index (κ2) is 9.45. The van der Waals surface area contributed by atoms with E-state index >= 15 is 0 Å². The van der Waals surface area contributed by atoms with E-state index in [1.807, 2.05) is 0 Å². The number of thiophene rings is 1. The molecule has 0 amide bonds. The zero-order valence-corrected chi connectivity index (χ0v) is 17.4. The maximum absolute atomic E-state index is 9.60. The molecule has 3 rings (SSSR count). The number of rotatable bonds is 9. The number of pyridine rings is 1. The number of fused-ring (bicyclic) bond motifs is 1. The van der Waals surface area contributed by atoms with E-state index < -0.39 is 0 Å². The normalized spacial score (nSPS) is 10.6. The van der Waals surface area contributed by atoms with Gasteiger partial charge in [-0.1, -0.05) is 0 Å². The molecule has 1 aromatic carbocycles. The van der Waals surface area contributed by atoms with E-state index in [1.54, 1.807) is 51.0 Å². The van der Waals surface area contributed by atoms with Gasteiger partial charge in [0.1, 0.15) is 10.9 Å². The first-order valence-electron chi connectivity index (χ1n) is 9.14. The number of aryl methyl sites for hydroxylation is 1. The van der Waals surface area contributed by atoms with Gasteiger partial charge in [-0.15, -0.1) is 11.3 Å². The Kier molecular flexibility index (Phi) is 6.75. The van der Waals surface area contributed by atoms with Crippen molar-refractivity contribution in [3.05, 3.63) is 34.8 Å². The summed E-state index contributed by atoms with van der Waals surface area (Å²) in [6, 6.07) is 7.86. The van der Waals surface area contributed by atoms with Crippen molar-refractivity contribution < 1.29 is 19.3 Å². The number of aliphatic hydroxyl groups is 1. The zero-order chi connectivity index (χ0) is 20.8. The fraction of sp³-hybridized carbons (Fsp3) is 0.333. The van der Waals surface area contributed by atoms with Crippen molar-refractivity contribution in [3.8, 4) is 23.3 Å². The Morgan fingerprint density at radius 1 is 1.10 bits per heavy atom. The van der Waals surface area contributed by atoms with E-state index in [-0.39, 0.29) is 6.61 Å². The molecular formula is C21H23N3O4S. The van der Waals surface area contributed by atoms with Crippen LogP contribution >= 0.6 is 11.3 Å². The number of unbranched alkanes of at least 4 members (excludes halogenated alkanes) is 1. The molecule has 0 saturated heterocycles. The van der Waals surface area contributed by atoms with Crippen molar-refractivity contribution in [1.29, 1.82) is 5.26 Å². The average molecular weight is 413 g/mol. The van der Waals surface area contributed by atoms with Crippen molar-refractivity contribution in [3.63, 3.8) is 0 Å². The molecule has 0 spiro atoms. The number of hydrogen-bond donors (Lipinski definition) is 2. The molecule has 0 aliphatic carbocycles. The number of aliphatic hydroxyl groups excluding tert-OH is 1. The van der Waals surface area contributed by atoms with E-state index in [0.717, 1.165) is 29.5 Å². The van der Waals surface area contributed by atoms with Gasteiger partial charge in [-0.05, 0) is 25.3 Å². The lowest BCUT2D eigenvalue weighted by Gasteiger charge is -2.16. The third-order valence-corrected chi connectivity index (χ3v) is 5.60. The van der Waals surface area contributed by atoms with Crippen LogP contribution in [0.4, 0.5) is 11.4 Å². The number of benzene rings is 1. The van der Waals surface area contributed by atoms with E-state index in [4.69, 9.17) is 19.3 Å². The Balaban J connectivity index is 2.03. The lowest BCUT2D eigenvalue weighted by atomic mass is 10.1. The minimum absolute atomic E-state index is 0.190. The maximum atomic E-state index is 9.60. The number of nitriles is 1. The summed E-state index contributed by atoms with van der Waals surface area (Å²) >= 11 is 1.60. The molecule has 0 bridgehead atoms. The van der Waals surface area contributed by atoms with Gasteiger partial charge in [-0.3, -0.25) is 0 Å². The van der Waals surface area contributed by atoms with E-state index in [9.17, 15) is 5.26 Å². The molecular weight excluding hydrogens is 390 g/mol. The summed E-state index contributed by atoms with van der Waals surface area (Å²) in [4.78, 5) is 6.46. The van der Waals surface area contributed by atoms with E-state index in [2.05, 4.69) is 22.4 Å². The highest BCUT2D eigenvalue weighted by Gasteiger charge is 2.17. The molecule has 0 fully saturated rings. The first kappa shape index (κ1) is 20.7. The van der Waals surface area contributed by atoms with Crippen LogP contribution in [0.5, 0.6) is 17.2 Å². The predicted molar refractivity (Wildman–Crippen MR) is 114 cm³/mol. The molecule has 2 heterocycles. The number of anilines is 2. The molecule has 29 heavy (non-hydrogen) atoms. The first-order chi connectivity index (χ1) is 14.1. The van der Waals surface area contributed by atoms with E-state index in [0.29, 0.717) is 34.2 Å². The average Bonchev–Trinajstić information content (AvgIpc) is 3.16. The Bertz CT molecular complexity index is 1020. The SMILES string of the molecule is COc1cc(Nc2c(C#N)cnc3sc(CCCCO)cc23)cc(OC)c1OC. The van der Waals surface area contributed by atoms with Gasteiger partial charge in [0.2, 0.25) is 5.75 Å². The second-order valence-electron chi connectivity index (χ2n) is 6.31. The monoisotopic (exact) mass is 413 g/mol. The number of ether oxygens (including phenoxy) is 3. The summed E-state index contributed by atoms with van der Waals surface area (Å²) in [6.07, 6.45) is 4.12. The van der Waals surface area contributed by atoms with Crippen LogP contribution < -0.4 is 19.5 Å². The third-order valence-electron chi connectivity index (χ3n) is 4.50. The van der Waals surface area contributed by atoms with Crippen LogP contribution in [0.2, 0.25) is 0 Å². The number of aromatic nitrogens is 1. The molecule has 0 saturated carbocycles. The van der Waals surface area contributed by atoms with Crippen molar-refractivity contribution in [2.75, 3.05) is 33.3 Å². The number of nitrogens with zero attached hydrogens (tertiary/aromatic N) is 2. The van der Waals surface area contributed by atoms with Crippen LogP contribution in [0.1, 0.15) is 23.3 Å². The van der Waals surface area contributed by atoms with Crippen LogP contribution in [0.15, 0.2) is 24.4 Å².